The van der Waals surface area contributed by atoms with Crippen molar-refractivity contribution in [3.8, 4) is 0 Å². The lowest BCUT2D eigenvalue weighted by atomic mass is 10.1. The molecule has 0 radical (unpaired) electrons. The first-order chi connectivity index (χ1) is 13.6. The summed E-state index contributed by atoms with van der Waals surface area (Å²) in [5.41, 5.74) is 2.13. The number of anilines is 1. The summed E-state index contributed by atoms with van der Waals surface area (Å²) < 4.78 is 0. The molecule has 148 valence electrons. The van der Waals surface area contributed by atoms with Crippen LogP contribution in [0.2, 0.25) is 0 Å². The van der Waals surface area contributed by atoms with Gasteiger partial charge in [-0.25, -0.2) is 4.98 Å². The first-order valence-electron chi connectivity index (χ1n) is 9.76. The van der Waals surface area contributed by atoms with Gasteiger partial charge in [0.05, 0.1) is 6.20 Å². The van der Waals surface area contributed by atoms with Gasteiger partial charge in [-0.2, -0.15) is 0 Å². The molecule has 0 N–H and O–H groups in total. The summed E-state index contributed by atoms with van der Waals surface area (Å²) in [5.74, 6) is -0.131. The minimum atomic E-state index is -0.139. The van der Waals surface area contributed by atoms with Crippen molar-refractivity contribution in [2.24, 2.45) is 0 Å². The Morgan fingerprint density at radius 2 is 1.64 bits per heavy atom. The number of amides is 2. The third kappa shape index (κ3) is 4.65. The zero-order valence-corrected chi connectivity index (χ0v) is 16.5. The maximum Gasteiger partial charge on any atom is 0.274 e. The molecule has 1 aromatic carbocycles. The first-order valence-corrected chi connectivity index (χ1v) is 9.76. The predicted molar refractivity (Wildman–Crippen MR) is 108 cm³/mol. The zero-order valence-electron chi connectivity index (χ0n) is 16.5. The van der Waals surface area contributed by atoms with Crippen LogP contribution >= 0.6 is 0 Å². The molecule has 0 atom stereocenters. The van der Waals surface area contributed by atoms with Crippen LogP contribution in [-0.2, 0) is 0 Å². The average molecular weight is 381 g/mol. The van der Waals surface area contributed by atoms with E-state index in [0.717, 1.165) is 25.1 Å². The fourth-order valence-corrected chi connectivity index (χ4v) is 3.25. The van der Waals surface area contributed by atoms with Gasteiger partial charge in [-0.15, -0.1) is 0 Å². The topological polar surface area (TPSA) is 69.6 Å². The van der Waals surface area contributed by atoms with E-state index in [-0.39, 0.29) is 11.8 Å². The van der Waals surface area contributed by atoms with E-state index in [0.29, 0.717) is 37.4 Å². The molecule has 2 amide bonds. The number of carbonyl (C=O) groups is 2. The molecule has 2 aromatic rings. The average Bonchev–Trinajstić information content (AvgIpc) is 2.77. The Bertz CT molecular complexity index is 786. The molecule has 1 aliphatic heterocycles. The molecule has 7 nitrogen and oxygen atoms in total. The molecule has 3 rings (SSSR count). The van der Waals surface area contributed by atoms with Gasteiger partial charge in [-0.1, -0.05) is 13.3 Å². The fraction of sp³-hybridized carbons (Fsp3) is 0.429. The molecule has 0 bridgehead atoms. The highest BCUT2D eigenvalue weighted by Gasteiger charge is 2.26. The van der Waals surface area contributed by atoms with Crippen molar-refractivity contribution in [1.29, 1.82) is 0 Å². The van der Waals surface area contributed by atoms with Crippen LogP contribution in [0, 0.1) is 0 Å². The second-order valence-corrected chi connectivity index (χ2v) is 7.00. The number of nitrogens with zero attached hydrogens (tertiary/aromatic N) is 5. The fourth-order valence-electron chi connectivity index (χ4n) is 3.25. The molecule has 0 unspecified atom stereocenters. The number of benzene rings is 1. The Hall–Kier alpha value is -2.96. The molecular weight excluding hydrogens is 354 g/mol. The van der Waals surface area contributed by atoms with Crippen LogP contribution in [0.4, 0.5) is 5.69 Å². The van der Waals surface area contributed by atoms with Crippen molar-refractivity contribution in [3.63, 3.8) is 0 Å². The van der Waals surface area contributed by atoms with Gasteiger partial charge in [0, 0.05) is 63.4 Å². The second-order valence-electron chi connectivity index (χ2n) is 7.00. The molecule has 1 fully saturated rings. The lowest BCUT2D eigenvalue weighted by Crippen LogP contribution is -2.50. The Kier molecular flexibility index (Phi) is 6.57. The SMILES string of the molecule is CCCCN(C)c1ccc(C(=O)N2CCN(C(=O)c3cnccn3)CC2)cc1. The molecule has 7 heteroatoms. The summed E-state index contributed by atoms with van der Waals surface area (Å²) in [4.78, 5) is 38.9. The summed E-state index contributed by atoms with van der Waals surface area (Å²) in [5, 5.41) is 0. The van der Waals surface area contributed by atoms with Gasteiger partial charge >= 0.3 is 0 Å². The van der Waals surface area contributed by atoms with Crippen molar-refractivity contribution in [2.45, 2.75) is 19.8 Å². The Morgan fingerprint density at radius 1 is 1.00 bits per heavy atom. The van der Waals surface area contributed by atoms with Crippen molar-refractivity contribution in [3.05, 3.63) is 54.1 Å². The van der Waals surface area contributed by atoms with Crippen LogP contribution < -0.4 is 4.90 Å². The smallest absolute Gasteiger partial charge is 0.274 e. The number of piperazine rings is 1. The van der Waals surface area contributed by atoms with Crippen molar-refractivity contribution < 1.29 is 9.59 Å². The molecular formula is C21H27N5O2. The van der Waals surface area contributed by atoms with Crippen LogP contribution in [0.3, 0.4) is 0 Å². The molecule has 1 aliphatic rings. The van der Waals surface area contributed by atoms with E-state index in [2.05, 4.69) is 28.8 Å². The minimum Gasteiger partial charge on any atom is -0.375 e. The van der Waals surface area contributed by atoms with Gasteiger partial charge in [-0.05, 0) is 30.7 Å². The van der Waals surface area contributed by atoms with Crippen LogP contribution in [0.25, 0.3) is 0 Å². The van der Waals surface area contributed by atoms with Gasteiger partial charge in [0.2, 0.25) is 0 Å². The van der Waals surface area contributed by atoms with Crippen molar-refractivity contribution >= 4 is 17.5 Å². The Morgan fingerprint density at radius 3 is 2.21 bits per heavy atom. The van der Waals surface area contributed by atoms with Gasteiger partial charge < -0.3 is 14.7 Å². The van der Waals surface area contributed by atoms with E-state index in [1.807, 2.05) is 24.3 Å². The lowest BCUT2D eigenvalue weighted by Gasteiger charge is -2.34. The van der Waals surface area contributed by atoms with E-state index in [1.165, 1.54) is 12.4 Å². The summed E-state index contributed by atoms with van der Waals surface area (Å²) in [6.45, 7) is 5.21. The van der Waals surface area contributed by atoms with Crippen molar-refractivity contribution in [1.82, 2.24) is 19.8 Å². The molecule has 2 heterocycles. The van der Waals surface area contributed by atoms with E-state index in [4.69, 9.17) is 0 Å². The Balaban J connectivity index is 1.55. The highest BCUT2D eigenvalue weighted by Crippen LogP contribution is 2.17. The summed E-state index contributed by atoms with van der Waals surface area (Å²) in [6.07, 6.45) is 6.83. The van der Waals surface area contributed by atoms with Crippen LogP contribution in [-0.4, -0.2) is 71.4 Å². The van der Waals surface area contributed by atoms with E-state index in [9.17, 15) is 9.59 Å². The second kappa shape index (κ2) is 9.30. The quantitative estimate of drug-likeness (QED) is 0.768. The van der Waals surface area contributed by atoms with Crippen LogP contribution in [0.5, 0.6) is 0 Å². The van der Waals surface area contributed by atoms with Crippen LogP contribution in [0.1, 0.15) is 40.6 Å². The summed E-state index contributed by atoms with van der Waals surface area (Å²) in [6, 6.07) is 7.77. The summed E-state index contributed by atoms with van der Waals surface area (Å²) >= 11 is 0. The molecule has 28 heavy (non-hydrogen) atoms. The maximum atomic E-state index is 12.8. The Labute approximate surface area is 166 Å². The number of hydrogen-bond acceptors (Lipinski definition) is 5. The zero-order chi connectivity index (χ0) is 19.9. The lowest BCUT2D eigenvalue weighted by molar-refractivity contribution is 0.0532. The van der Waals surface area contributed by atoms with E-state index < -0.39 is 0 Å². The van der Waals surface area contributed by atoms with Gasteiger partial charge in [-0.3, -0.25) is 14.6 Å². The molecule has 0 aliphatic carbocycles. The number of rotatable bonds is 6. The third-order valence-electron chi connectivity index (χ3n) is 5.04. The minimum absolute atomic E-state index is 0.00867. The molecule has 0 saturated carbocycles. The van der Waals surface area contributed by atoms with Gasteiger partial charge in [0.1, 0.15) is 5.69 Å². The third-order valence-corrected chi connectivity index (χ3v) is 5.04. The van der Waals surface area contributed by atoms with Gasteiger partial charge in [0.25, 0.3) is 11.8 Å². The number of carbonyl (C=O) groups excluding carboxylic acids is 2. The van der Waals surface area contributed by atoms with Gasteiger partial charge in [0.15, 0.2) is 0 Å². The van der Waals surface area contributed by atoms with E-state index >= 15 is 0 Å². The number of hydrogen-bond donors (Lipinski definition) is 0. The highest BCUT2D eigenvalue weighted by atomic mass is 16.2. The number of aromatic nitrogens is 2. The molecule has 0 spiro atoms. The highest BCUT2D eigenvalue weighted by molar-refractivity contribution is 5.95. The molecule has 1 aromatic heterocycles. The van der Waals surface area contributed by atoms with E-state index in [1.54, 1.807) is 16.0 Å². The monoisotopic (exact) mass is 381 g/mol. The normalized spacial score (nSPS) is 14.1. The van der Waals surface area contributed by atoms with Crippen LogP contribution in [0.15, 0.2) is 42.9 Å². The summed E-state index contributed by atoms with van der Waals surface area (Å²) in [7, 11) is 2.07. The molecule has 1 saturated heterocycles. The predicted octanol–water partition coefficient (Wildman–Crippen LogP) is 2.31. The standard InChI is InChI=1S/C21H27N5O2/c1-3-4-11-24(2)18-7-5-17(6-8-18)20(27)25-12-14-26(15-13-25)21(28)19-16-22-9-10-23-19/h5-10,16H,3-4,11-15H2,1-2H3. The van der Waals surface area contributed by atoms with Crippen molar-refractivity contribution in [2.75, 3.05) is 44.7 Å². The first kappa shape index (κ1) is 19.8. The maximum absolute atomic E-state index is 12.8. The number of unbranched alkanes of at least 4 members (excludes halogenated alkanes) is 1. The largest absolute Gasteiger partial charge is 0.375 e.